The summed E-state index contributed by atoms with van der Waals surface area (Å²) in [4.78, 5) is 2.46. The first-order chi connectivity index (χ1) is 8.46. The quantitative estimate of drug-likeness (QED) is 0.879. The fourth-order valence-electron chi connectivity index (χ4n) is 2.28. The highest BCUT2D eigenvalue weighted by Gasteiger charge is 2.39. The number of likely N-dealkylation sites (N-methyl/N-ethyl adjacent to an activating group) is 1. The summed E-state index contributed by atoms with van der Waals surface area (Å²) >= 11 is 0. The first-order valence-corrected chi connectivity index (χ1v) is 7.67. The molecule has 2 rings (SSSR count). The van der Waals surface area contributed by atoms with Crippen LogP contribution in [0.3, 0.4) is 0 Å². The van der Waals surface area contributed by atoms with Crippen LogP contribution in [0.1, 0.15) is 19.3 Å². The van der Waals surface area contributed by atoms with Crippen LogP contribution in [0.2, 0.25) is 0 Å². The van der Waals surface area contributed by atoms with E-state index in [1.807, 2.05) is 20.2 Å². The first kappa shape index (κ1) is 13.5. The molecular formula is C13H20N2O2S. The number of nitrogens with one attached hydrogen (secondary N) is 1. The van der Waals surface area contributed by atoms with Crippen molar-refractivity contribution in [1.82, 2.24) is 9.62 Å². The first-order valence-electron chi connectivity index (χ1n) is 6.18. The predicted molar refractivity (Wildman–Crippen MR) is 71.9 cm³/mol. The van der Waals surface area contributed by atoms with Crippen LogP contribution >= 0.6 is 0 Å². The summed E-state index contributed by atoms with van der Waals surface area (Å²) in [7, 11) is 0.640. The van der Waals surface area contributed by atoms with Gasteiger partial charge in [0.25, 0.3) is 0 Å². The molecule has 0 unspecified atom stereocenters. The van der Waals surface area contributed by atoms with E-state index in [1.54, 1.807) is 24.3 Å². The van der Waals surface area contributed by atoms with Crippen LogP contribution in [-0.4, -0.2) is 39.5 Å². The van der Waals surface area contributed by atoms with Crippen molar-refractivity contribution in [1.29, 1.82) is 0 Å². The Morgan fingerprint density at radius 3 is 2.28 bits per heavy atom. The fourth-order valence-corrected chi connectivity index (χ4v) is 3.42. The fraction of sp³-hybridized carbons (Fsp3) is 0.538. The lowest BCUT2D eigenvalue weighted by Crippen LogP contribution is -2.57. The Hall–Kier alpha value is -0.910. The molecule has 0 aromatic heterocycles. The molecule has 1 aliphatic carbocycles. The average molecular weight is 268 g/mol. The summed E-state index contributed by atoms with van der Waals surface area (Å²) in [6.45, 7) is 0.483. The molecule has 0 heterocycles. The summed E-state index contributed by atoms with van der Waals surface area (Å²) in [6, 6.07) is 8.52. The third-order valence-electron chi connectivity index (χ3n) is 3.88. The molecule has 100 valence electrons. The molecule has 4 nitrogen and oxygen atoms in total. The Morgan fingerprint density at radius 2 is 1.83 bits per heavy atom. The Labute approximate surface area is 109 Å². The van der Waals surface area contributed by atoms with Crippen molar-refractivity contribution >= 4 is 10.0 Å². The van der Waals surface area contributed by atoms with Crippen molar-refractivity contribution in [3.05, 3.63) is 30.3 Å². The van der Waals surface area contributed by atoms with Gasteiger partial charge in [0, 0.05) is 12.1 Å². The molecule has 0 aliphatic heterocycles. The third kappa shape index (κ3) is 2.58. The lowest BCUT2D eigenvalue weighted by Gasteiger charge is -2.47. The maximum Gasteiger partial charge on any atom is 0.240 e. The maximum absolute atomic E-state index is 12.1. The molecule has 0 bridgehead atoms. The Morgan fingerprint density at radius 1 is 1.22 bits per heavy atom. The molecule has 1 N–H and O–H groups in total. The molecule has 5 heteroatoms. The third-order valence-corrected chi connectivity index (χ3v) is 5.29. The molecule has 1 aromatic carbocycles. The molecule has 0 radical (unpaired) electrons. The maximum atomic E-state index is 12.1. The van der Waals surface area contributed by atoms with Crippen LogP contribution in [0.5, 0.6) is 0 Å². The highest BCUT2D eigenvalue weighted by atomic mass is 32.2. The van der Waals surface area contributed by atoms with Gasteiger partial charge in [0.05, 0.1) is 4.90 Å². The Bertz CT molecular complexity index is 493. The molecule has 1 aliphatic rings. The van der Waals surface area contributed by atoms with Gasteiger partial charge in [-0.25, -0.2) is 13.1 Å². The topological polar surface area (TPSA) is 49.4 Å². The monoisotopic (exact) mass is 268 g/mol. The van der Waals surface area contributed by atoms with E-state index in [9.17, 15) is 8.42 Å². The molecule has 1 saturated carbocycles. The average Bonchev–Trinajstić information content (AvgIpc) is 2.28. The number of rotatable bonds is 5. The van der Waals surface area contributed by atoms with Gasteiger partial charge in [-0.05, 0) is 45.5 Å². The van der Waals surface area contributed by atoms with Crippen LogP contribution in [-0.2, 0) is 10.0 Å². The lowest BCUT2D eigenvalue weighted by molar-refractivity contribution is 0.0657. The second-order valence-electron chi connectivity index (χ2n) is 5.11. The predicted octanol–water partition coefficient (Wildman–Crippen LogP) is 1.45. The molecule has 18 heavy (non-hydrogen) atoms. The zero-order valence-corrected chi connectivity index (χ0v) is 11.7. The summed E-state index contributed by atoms with van der Waals surface area (Å²) in [6.07, 6.45) is 3.28. The summed E-state index contributed by atoms with van der Waals surface area (Å²) in [5, 5.41) is 0. The van der Waals surface area contributed by atoms with Crippen molar-refractivity contribution in [2.45, 2.75) is 29.7 Å². The van der Waals surface area contributed by atoms with Crippen molar-refractivity contribution in [3.8, 4) is 0 Å². The van der Waals surface area contributed by atoms with E-state index in [-0.39, 0.29) is 5.54 Å². The molecular weight excluding hydrogens is 248 g/mol. The number of sulfonamides is 1. The van der Waals surface area contributed by atoms with E-state index in [0.29, 0.717) is 11.4 Å². The van der Waals surface area contributed by atoms with Crippen molar-refractivity contribution < 1.29 is 8.42 Å². The summed E-state index contributed by atoms with van der Waals surface area (Å²) in [5.74, 6) is 0. The van der Waals surface area contributed by atoms with Crippen molar-refractivity contribution in [2.24, 2.45) is 0 Å². The highest BCUT2D eigenvalue weighted by molar-refractivity contribution is 7.89. The van der Waals surface area contributed by atoms with E-state index in [0.717, 1.165) is 12.8 Å². The van der Waals surface area contributed by atoms with Gasteiger partial charge in [-0.1, -0.05) is 18.2 Å². The van der Waals surface area contributed by atoms with Crippen LogP contribution in [0, 0.1) is 0 Å². The number of hydrogen-bond donors (Lipinski definition) is 1. The molecule has 0 spiro atoms. The second-order valence-corrected chi connectivity index (χ2v) is 6.88. The molecule has 1 aromatic rings. The van der Waals surface area contributed by atoms with E-state index in [1.165, 1.54) is 6.42 Å². The normalized spacial score (nSPS) is 18.6. The zero-order chi connectivity index (χ0) is 13.2. The van der Waals surface area contributed by atoms with Crippen LogP contribution in [0.15, 0.2) is 35.2 Å². The SMILES string of the molecule is CN(C)C1(CNS(=O)(=O)c2ccccc2)CCC1. The van der Waals surface area contributed by atoms with Crippen molar-refractivity contribution in [2.75, 3.05) is 20.6 Å². The Balaban J connectivity index is 2.06. The van der Waals surface area contributed by atoms with Gasteiger partial charge in [-0.2, -0.15) is 0 Å². The molecule has 0 saturated heterocycles. The molecule has 0 atom stereocenters. The van der Waals surface area contributed by atoms with Crippen molar-refractivity contribution in [3.63, 3.8) is 0 Å². The largest absolute Gasteiger partial charge is 0.302 e. The van der Waals surface area contributed by atoms with Gasteiger partial charge < -0.3 is 4.90 Å². The van der Waals surface area contributed by atoms with Gasteiger partial charge in [0.2, 0.25) is 10.0 Å². The minimum absolute atomic E-state index is 0.00184. The van der Waals surface area contributed by atoms with E-state index >= 15 is 0 Å². The molecule has 1 fully saturated rings. The number of hydrogen-bond acceptors (Lipinski definition) is 3. The van der Waals surface area contributed by atoms with Gasteiger partial charge >= 0.3 is 0 Å². The second kappa shape index (κ2) is 4.99. The number of nitrogens with zero attached hydrogens (tertiary/aromatic N) is 1. The van der Waals surface area contributed by atoms with Gasteiger partial charge in [-0.15, -0.1) is 0 Å². The van der Waals surface area contributed by atoms with E-state index in [2.05, 4.69) is 9.62 Å². The standard InChI is InChI=1S/C13H20N2O2S/c1-15(2)13(9-6-10-13)11-14-18(16,17)12-7-4-3-5-8-12/h3-5,7-8,14H,6,9-11H2,1-2H3. The van der Waals surface area contributed by atoms with Crippen LogP contribution in [0.25, 0.3) is 0 Å². The highest BCUT2D eigenvalue weighted by Crippen LogP contribution is 2.35. The molecule has 0 amide bonds. The minimum atomic E-state index is -3.38. The van der Waals surface area contributed by atoms with Crippen LogP contribution in [0.4, 0.5) is 0 Å². The van der Waals surface area contributed by atoms with Gasteiger partial charge in [0.1, 0.15) is 0 Å². The summed E-state index contributed by atoms with van der Waals surface area (Å²) < 4.78 is 27.0. The lowest BCUT2D eigenvalue weighted by atomic mass is 9.76. The van der Waals surface area contributed by atoms with E-state index in [4.69, 9.17) is 0 Å². The van der Waals surface area contributed by atoms with Gasteiger partial charge in [0.15, 0.2) is 0 Å². The smallest absolute Gasteiger partial charge is 0.240 e. The zero-order valence-electron chi connectivity index (χ0n) is 10.9. The Kier molecular flexibility index (Phi) is 3.75. The summed E-state index contributed by atoms with van der Waals surface area (Å²) in [5.41, 5.74) is 0.00184. The number of benzene rings is 1. The van der Waals surface area contributed by atoms with Crippen LogP contribution < -0.4 is 4.72 Å². The minimum Gasteiger partial charge on any atom is -0.302 e. The van der Waals surface area contributed by atoms with Gasteiger partial charge in [-0.3, -0.25) is 0 Å². The van der Waals surface area contributed by atoms with E-state index < -0.39 is 10.0 Å².